The van der Waals surface area contributed by atoms with E-state index in [4.69, 9.17) is 14.2 Å². The molecule has 0 bridgehead atoms. The summed E-state index contributed by atoms with van der Waals surface area (Å²) in [7, 11) is -1.41. The Kier molecular flexibility index (Phi) is 10.7. The molecule has 0 aromatic heterocycles. The SMILES string of the molecule is CCCOc1ccc(CCOc2ccc3c(c2)C=C(C(=O)Nc2ccc(CN(C)C4CCOCC4)cc2)CCS3(=O)=O)cc1. The molecule has 5 rings (SSSR count). The van der Waals surface area contributed by atoms with E-state index in [9.17, 15) is 13.2 Å². The summed E-state index contributed by atoms with van der Waals surface area (Å²) in [5.41, 5.74) is 3.83. The molecule has 2 aliphatic heterocycles. The number of ether oxygens (including phenoxy) is 3. The molecule has 0 aliphatic carbocycles. The molecule has 1 N–H and O–H groups in total. The van der Waals surface area contributed by atoms with Gasteiger partial charge in [-0.1, -0.05) is 31.2 Å². The molecule has 1 fully saturated rings. The van der Waals surface area contributed by atoms with E-state index in [-0.39, 0.29) is 23.0 Å². The van der Waals surface area contributed by atoms with E-state index in [1.54, 1.807) is 24.3 Å². The van der Waals surface area contributed by atoms with Crippen molar-refractivity contribution in [1.82, 2.24) is 4.90 Å². The number of carbonyl (C=O) groups excluding carboxylic acids is 1. The Bertz CT molecular complexity index is 1550. The molecule has 0 spiro atoms. The zero-order valence-corrected chi connectivity index (χ0v) is 26.4. The molecule has 1 amide bonds. The van der Waals surface area contributed by atoms with Crippen molar-refractivity contribution in [3.05, 3.63) is 89.0 Å². The van der Waals surface area contributed by atoms with Crippen molar-refractivity contribution >= 4 is 27.5 Å². The molecule has 0 atom stereocenters. The summed E-state index contributed by atoms with van der Waals surface area (Å²) in [4.78, 5) is 15.8. The number of hydrogen-bond acceptors (Lipinski definition) is 7. The third-order valence-corrected chi connectivity index (χ3v) is 9.87. The van der Waals surface area contributed by atoms with Gasteiger partial charge in [0.1, 0.15) is 11.5 Å². The minimum absolute atomic E-state index is 0.130. The third-order valence-electron chi connectivity index (χ3n) is 8.09. The van der Waals surface area contributed by atoms with Crippen LogP contribution in [0.1, 0.15) is 49.3 Å². The number of nitrogens with zero attached hydrogens (tertiary/aromatic N) is 1. The van der Waals surface area contributed by atoms with Crippen molar-refractivity contribution in [2.45, 2.75) is 56.5 Å². The van der Waals surface area contributed by atoms with Crippen LogP contribution in [0.25, 0.3) is 6.08 Å². The van der Waals surface area contributed by atoms with Crippen molar-refractivity contribution in [3.8, 4) is 11.5 Å². The third kappa shape index (κ3) is 8.49. The predicted molar refractivity (Wildman–Crippen MR) is 173 cm³/mol. The number of nitrogens with one attached hydrogen (secondary N) is 1. The molecule has 2 heterocycles. The van der Waals surface area contributed by atoms with Gasteiger partial charge in [0.25, 0.3) is 5.91 Å². The van der Waals surface area contributed by atoms with Crippen LogP contribution in [0.5, 0.6) is 11.5 Å². The highest BCUT2D eigenvalue weighted by atomic mass is 32.2. The predicted octanol–water partition coefficient (Wildman–Crippen LogP) is 5.91. The summed E-state index contributed by atoms with van der Waals surface area (Å²) in [5, 5.41) is 2.95. The molecule has 2 aliphatic rings. The molecule has 8 nitrogen and oxygen atoms in total. The Labute approximate surface area is 260 Å². The van der Waals surface area contributed by atoms with Gasteiger partial charge in [0.05, 0.1) is 23.9 Å². The van der Waals surface area contributed by atoms with Crippen LogP contribution in [-0.4, -0.2) is 64.5 Å². The monoisotopic (exact) mass is 618 g/mol. The molecule has 0 radical (unpaired) electrons. The molecule has 0 saturated carbocycles. The highest BCUT2D eigenvalue weighted by Gasteiger charge is 2.25. The van der Waals surface area contributed by atoms with Crippen molar-refractivity contribution in [3.63, 3.8) is 0 Å². The minimum Gasteiger partial charge on any atom is -0.494 e. The lowest BCUT2D eigenvalue weighted by molar-refractivity contribution is -0.112. The number of anilines is 1. The Morgan fingerprint density at radius 1 is 0.932 bits per heavy atom. The van der Waals surface area contributed by atoms with Crippen LogP contribution in [-0.2, 0) is 32.3 Å². The van der Waals surface area contributed by atoms with Crippen molar-refractivity contribution in [1.29, 1.82) is 0 Å². The van der Waals surface area contributed by atoms with E-state index >= 15 is 0 Å². The van der Waals surface area contributed by atoms with Gasteiger partial charge in [0.15, 0.2) is 9.84 Å². The van der Waals surface area contributed by atoms with Crippen LogP contribution in [0, 0.1) is 0 Å². The van der Waals surface area contributed by atoms with Gasteiger partial charge < -0.3 is 19.5 Å². The molecular weight excluding hydrogens is 576 g/mol. The normalized spacial score (nSPS) is 16.5. The van der Waals surface area contributed by atoms with Crippen molar-refractivity contribution in [2.75, 3.05) is 44.5 Å². The number of amides is 1. The maximum atomic E-state index is 13.3. The van der Waals surface area contributed by atoms with Gasteiger partial charge in [-0.15, -0.1) is 0 Å². The van der Waals surface area contributed by atoms with E-state index in [1.807, 2.05) is 48.5 Å². The van der Waals surface area contributed by atoms with Crippen LogP contribution in [0.15, 0.2) is 77.2 Å². The average Bonchev–Trinajstić information content (AvgIpc) is 3.17. The molecule has 3 aromatic carbocycles. The fraction of sp³-hybridized carbons (Fsp3) is 0.400. The first-order valence-corrected chi connectivity index (χ1v) is 17.1. The smallest absolute Gasteiger partial charge is 0.251 e. The van der Waals surface area contributed by atoms with E-state index < -0.39 is 9.84 Å². The Balaban J connectivity index is 1.21. The van der Waals surface area contributed by atoms with E-state index in [1.165, 1.54) is 0 Å². The van der Waals surface area contributed by atoms with E-state index in [0.717, 1.165) is 55.9 Å². The summed E-state index contributed by atoms with van der Waals surface area (Å²) < 4.78 is 43.2. The van der Waals surface area contributed by atoms with Gasteiger partial charge in [-0.05, 0) is 98.0 Å². The van der Waals surface area contributed by atoms with Crippen molar-refractivity contribution in [2.24, 2.45) is 0 Å². The highest BCUT2D eigenvalue weighted by Crippen LogP contribution is 2.30. The fourth-order valence-electron chi connectivity index (χ4n) is 5.51. The standard InChI is InChI=1S/C35H42N2O6S/c1-3-18-42-32-10-6-26(7-11-32)14-21-43-33-12-13-34-29(24-33)23-28(17-22-44(34,39)40)35(38)36-30-8-4-27(5-9-30)25-37(2)31-15-19-41-20-16-31/h4-13,23-24,31H,3,14-22,25H2,1-2H3,(H,36,38). The second kappa shape index (κ2) is 14.9. The summed E-state index contributed by atoms with van der Waals surface area (Å²) in [6.07, 6.45) is 5.53. The van der Waals surface area contributed by atoms with Gasteiger partial charge in [-0.25, -0.2) is 8.42 Å². The van der Waals surface area contributed by atoms with E-state index in [0.29, 0.717) is 48.2 Å². The number of hydrogen-bond donors (Lipinski definition) is 1. The van der Waals surface area contributed by atoms with Crippen LogP contribution in [0.2, 0.25) is 0 Å². The van der Waals surface area contributed by atoms with Gasteiger partial charge in [0, 0.05) is 43.5 Å². The van der Waals surface area contributed by atoms with Crippen molar-refractivity contribution < 1.29 is 27.4 Å². The zero-order chi connectivity index (χ0) is 30.9. The molecule has 9 heteroatoms. The highest BCUT2D eigenvalue weighted by molar-refractivity contribution is 7.91. The summed E-state index contributed by atoms with van der Waals surface area (Å²) in [5.74, 6) is 0.967. The zero-order valence-electron chi connectivity index (χ0n) is 25.6. The minimum atomic E-state index is -3.55. The van der Waals surface area contributed by atoms with Gasteiger partial charge in [-0.2, -0.15) is 0 Å². The first-order valence-electron chi connectivity index (χ1n) is 15.4. The summed E-state index contributed by atoms with van der Waals surface area (Å²) in [6.45, 7) is 5.63. The maximum absolute atomic E-state index is 13.3. The summed E-state index contributed by atoms with van der Waals surface area (Å²) in [6, 6.07) is 21.2. The molecule has 0 unspecified atom stereocenters. The van der Waals surface area contributed by atoms with Crippen LogP contribution in [0.3, 0.4) is 0 Å². The van der Waals surface area contributed by atoms with E-state index in [2.05, 4.69) is 24.2 Å². The Morgan fingerprint density at radius 3 is 2.34 bits per heavy atom. The van der Waals surface area contributed by atoms with Gasteiger partial charge >= 0.3 is 0 Å². The lowest BCUT2D eigenvalue weighted by atomic mass is 10.1. The average molecular weight is 619 g/mol. The quantitative estimate of drug-likeness (QED) is 0.270. The first kappa shape index (κ1) is 31.8. The molecule has 1 saturated heterocycles. The number of fused-ring (bicyclic) bond motifs is 1. The molecule has 3 aromatic rings. The largest absolute Gasteiger partial charge is 0.494 e. The lowest BCUT2D eigenvalue weighted by Crippen LogP contribution is -2.36. The number of sulfone groups is 1. The second-order valence-corrected chi connectivity index (χ2v) is 13.5. The molecule has 44 heavy (non-hydrogen) atoms. The lowest BCUT2D eigenvalue weighted by Gasteiger charge is -2.31. The number of carbonyl (C=O) groups is 1. The van der Waals surface area contributed by atoms with Crippen LogP contribution >= 0.6 is 0 Å². The Hall–Kier alpha value is -3.66. The van der Waals surface area contributed by atoms with Gasteiger partial charge in [-0.3, -0.25) is 9.69 Å². The fourth-order valence-corrected chi connectivity index (χ4v) is 6.97. The maximum Gasteiger partial charge on any atom is 0.251 e. The first-order chi connectivity index (χ1) is 21.3. The topological polar surface area (TPSA) is 94.2 Å². The van der Waals surface area contributed by atoms with Gasteiger partial charge in [0.2, 0.25) is 0 Å². The molecular formula is C35H42N2O6S. The van der Waals surface area contributed by atoms with Crippen LogP contribution < -0.4 is 14.8 Å². The Morgan fingerprint density at radius 2 is 1.61 bits per heavy atom. The van der Waals surface area contributed by atoms with Crippen LogP contribution in [0.4, 0.5) is 5.69 Å². The number of benzene rings is 3. The number of rotatable bonds is 12. The second-order valence-electron chi connectivity index (χ2n) is 11.4. The summed E-state index contributed by atoms with van der Waals surface area (Å²) >= 11 is 0. The molecule has 234 valence electrons.